The molecule has 0 spiro atoms. The van der Waals surface area contributed by atoms with Gasteiger partial charge < -0.3 is 25.4 Å². The van der Waals surface area contributed by atoms with Crippen LogP contribution in [0.1, 0.15) is 66.2 Å². The summed E-state index contributed by atoms with van der Waals surface area (Å²) in [4.78, 5) is 29.4. The lowest BCUT2D eigenvalue weighted by Gasteiger charge is -2.30. The lowest BCUT2D eigenvalue weighted by Crippen LogP contribution is -2.31. The van der Waals surface area contributed by atoms with Crippen LogP contribution >= 0.6 is 0 Å². The van der Waals surface area contributed by atoms with E-state index in [1.54, 1.807) is 12.3 Å². The quantitative estimate of drug-likeness (QED) is 0.222. The van der Waals surface area contributed by atoms with E-state index in [0.29, 0.717) is 41.7 Å². The number of aryl methyl sites for hydroxylation is 1. The molecule has 1 amide bonds. The number of hydrogen-bond acceptors (Lipinski definition) is 7. The summed E-state index contributed by atoms with van der Waals surface area (Å²) < 4.78 is 2.41. The zero-order valence-electron chi connectivity index (χ0n) is 23.9. The van der Waals surface area contributed by atoms with Crippen LogP contribution in [0.3, 0.4) is 0 Å². The number of hydrogen-bond donors (Lipinski definition) is 3. The van der Waals surface area contributed by atoms with Crippen LogP contribution in [0.25, 0.3) is 10.9 Å². The zero-order chi connectivity index (χ0) is 28.3. The molecule has 4 aromatic rings. The summed E-state index contributed by atoms with van der Waals surface area (Å²) in [6.07, 6.45) is 11.0. The van der Waals surface area contributed by atoms with E-state index in [9.17, 15) is 4.79 Å². The highest BCUT2D eigenvalue weighted by atomic mass is 16.1. The van der Waals surface area contributed by atoms with Gasteiger partial charge >= 0.3 is 0 Å². The van der Waals surface area contributed by atoms with Crippen LogP contribution in [-0.2, 0) is 6.42 Å². The molecule has 1 saturated heterocycles. The molecule has 0 saturated carbocycles. The standard InChI is InChI=1S/C32H38N8O/c1-4-15-33-31(41)26-20-34-32(38-30(26)37-28-11-8-22-7-6-21(5-2)29(22)36-28)35-24-9-10-27-23(19-24)12-18-40(27)25-13-16-39(3)17-14-25/h4,8-12,18-21,25H,1,5-7,13-17H2,2-3H3,(H,33,41)(H2,34,35,36,37,38). The van der Waals surface area contributed by atoms with E-state index >= 15 is 0 Å². The highest BCUT2D eigenvalue weighted by molar-refractivity contribution is 5.99. The van der Waals surface area contributed by atoms with Crippen molar-refractivity contribution in [2.24, 2.45) is 0 Å². The first-order valence-electron chi connectivity index (χ1n) is 14.6. The highest BCUT2D eigenvalue weighted by Crippen LogP contribution is 2.35. The van der Waals surface area contributed by atoms with Crippen LogP contribution in [0.4, 0.5) is 23.3 Å². The molecule has 9 nitrogen and oxygen atoms in total. The van der Waals surface area contributed by atoms with Crippen LogP contribution in [-0.4, -0.2) is 57.0 Å². The predicted molar refractivity (Wildman–Crippen MR) is 164 cm³/mol. The van der Waals surface area contributed by atoms with E-state index in [1.807, 2.05) is 6.07 Å². The van der Waals surface area contributed by atoms with Gasteiger partial charge in [0.05, 0.1) is 0 Å². The van der Waals surface area contributed by atoms with Crippen molar-refractivity contribution in [3.63, 3.8) is 0 Å². The molecule has 41 heavy (non-hydrogen) atoms. The number of nitrogens with zero attached hydrogens (tertiary/aromatic N) is 5. The fourth-order valence-corrected chi connectivity index (χ4v) is 6.05. The average molecular weight is 551 g/mol. The van der Waals surface area contributed by atoms with Crippen LogP contribution < -0.4 is 16.0 Å². The van der Waals surface area contributed by atoms with Crippen LogP contribution in [0.5, 0.6) is 0 Å². The molecule has 1 atom stereocenters. The number of fused-ring (bicyclic) bond motifs is 2. The van der Waals surface area contributed by atoms with Crippen molar-refractivity contribution >= 4 is 40.1 Å². The number of aromatic nitrogens is 4. The van der Waals surface area contributed by atoms with Gasteiger partial charge in [0.1, 0.15) is 17.2 Å². The minimum absolute atomic E-state index is 0.275. The minimum Gasteiger partial charge on any atom is -0.348 e. The Morgan fingerprint density at radius 3 is 2.76 bits per heavy atom. The van der Waals surface area contributed by atoms with Gasteiger partial charge in [0.2, 0.25) is 5.95 Å². The molecule has 1 unspecified atom stereocenters. The Hall–Kier alpha value is -4.24. The number of benzene rings is 1. The number of likely N-dealkylation sites (tertiary alicyclic amines) is 1. The molecule has 1 aliphatic heterocycles. The summed E-state index contributed by atoms with van der Waals surface area (Å²) in [5, 5.41) is 10.6. The van der Waals surface area contributed by atoms with Crippen molar-refractivity contribution in [2.45, 2.75) is 51.0 Å². The van der Waals surface area contributed by atoms with E-state index in [0.717, 1.165) is 56.6 Å². The van der Waals surface area contributed by atoms with E-state index in [-0.39, 0.29) is 5.91 Å². The lowest BCUT2D eigenvalue weighted by atomic mass is 10.0. The third-order valence-electron chi connectivity index (χ3n) is 8.40. The van der Waals surface area contributed by atoms with Crippen molar-refractivity contribution in [3.05, 3.63) is 78.3 Å². The van der Waals surface area contributed by atoms with Gasteiger partial charge in [-0.1, -0.05) is 19.1 Å². The maximum Gasteiger partial charge on any atom is 0.256 e. The molecular formula is C32H38N8O. The number of piperidine rings is 1. The van der Waals surface area contributed by atoms with Crippen LogP contribution in [0.2, 0.25) is 0 Å². The van der Waals surface area contributed by atoms with Gasteiger partial charge in [0, 0.05) is 53.2 Å². The average Bonchev–Trinajstić information content (AvgIpc) is 3.60. The third kappa shape index (κ3) is 5.67. The molecular weight excluding hydrogens is 512 g/mol. The Morgan fingerprint density at radius 1 is 1.10 bits per heavy atom. The summed E-state index contributed by atoms with van der Waals surface area (Å²) >= 11 is 0. The summed E-state index contributed by atoms with van der Waals surface area (Å²) in [5.74, 6) is 1.66. The van der Waals surface area contributed by atoms with E-state index in [1.165, 1.54) is 16.5 Å². The largest absolute Gasteiger partial charge is 0.348 e. The predicted octanol–water partition coefficient (Wildman–Crippen LogP) is 5.94. The van der Waals surface area contributed by atoms with Crippen molar-refractivity contribution in [2.75, 3.05) is 37.3 Å². The van der Waals surface area contributed by atoms with Crippen molar-refractivity contribution in [3.8, 4) is 0 Å². The van der Waals surface area contributed by atoms with Crippen LogP contribution in [0, 0.1) is 0 Å². The molecule has 3 N–H and O–H groups in total. The molecule has 1 aliphatic carbocycles. The second-order valence-electron chi connectivity index (χ2n) is 11.1. The molecule has 1 aromatic carbocycles. The molecule has 4 heterocycles. The Balaban J connectivity index is 1.26. The Labute approximate surface area is 241 Å². The number of pyridine rings is 1. The Bertz CT molecular complexity index is 1570. The summed E-state index contributed by atoms with van der Waals surface area (Å²) in [5.41, 5.74) is 4.91. The number of anilines is 4. The van der Waals surface area contributed by atoms with Gasteiger partial charge in [-0.25, -0.2) is 9.97 Å². The van der Waals surface area contributed by atoms with Gasteiger partial charge in [-0.15, -0.1) is 6.58 Å². The highest BCUT2D eigenvalue weighted by Gasteiger charge is 2.24. The first-order chi connectivity index (χ1) is 20.0. The number of amides is 1. The summed E-state index contributed by atoms with van der Waals surface area (Å²) in [6.45, 7) is 8.50. The topological polar surface area (TPSA) is 100 Å². The van der Waals surface area contributed by atoms with Crippen molar-refractivity contribution in [1.82, 2.24) is 29.7 Å². The fourth-order valence-electron chi connectivity index (χ4n) is 6.05. The lowest BCUT2D eigenvalue weighted by molar-refractivity contribution is 0.0958. The van der Waals surface area contributed by atoms with Gasteiger partial charge in [-0.05, 0) is 88.1 Å². The molecule has 3 aromatic heterocycles. The normalized spacial score (nSPS) is 17.4. The van der Waals surface area contributed by atoms with Crippen LogP contribution in [0.15, 0.2) is 61.4 Å². The maximum atomic E-state index is 12.9. The molecule has 1 fully saturated rings. The van der Waals surface area contributed by atoms with Gasteiger partial charge in [-0.2, -0.15) is 4.98 Å². The van der Waals surface area contributed by atoms with E-state index in [2.05, 4.69) is 87.5 Å². The number of carbonyl (C=O) groups excluding carboxylic acids is 1. The molecule has 9 heteroatoms. The van der Waals surface area contributed by atoms with Gasteiger partial charge in [0.15, 0.2) is 0 Å². The second-order valence-corrected chi connectivity index (χ2v) is 11.1. The molecule has 6 rings (SSSR count). The maximum absolute atomic E-state index is 12.9. The number of rotatable bonds is 9. The minimum atomic E-state index is -0.275. The first kappa shape index (κ1) is 27.0. The van der Waals surface area contributed by atoms with Gasteiger partial charge in [-0.3, -0.25) is 4.79 Å². The Kier molecular flexibility index (Phi) is 7.69. The number of nitrogens with one attached hydrogen (secondary N) is 3. The second kappa shape index (κ2) is 11.7. The van der Waals surface area contributed by atoms with Gasteiger partial charge in [0.25, 0.3) is 5.91 Å². The summed E-state index contributed by atoms with van der Waals surface area (Å²) in [6, 6.07) is 13.1. The smallest absolute Gasteiger partial charge is 0.256 e. The SMILES string of the molecule is C=CCNC(=O)c1cnc(Nc2ccc3c(ccn3C3CCN(C)CC3)c2)nc1Nc1ccc2c(n1)C(CC)CC2. The van der Waals surface area contributed by atoms with Crippen molar-refractivity contribution in [1.29, 1.82) is 0 Å². The third-order valence-corrected chi connectivity index (χ3v) is 8.40. The van der Waals surface area contributed by atoms with Crippen molar-refractivity contribution < 1.29 is 4.79 Å². The van der Waals surface area contributed by atoms with E-state index < -0.39 is 0 Å². The zero-order valence-corrected chi connectivity index (χ0v) is 23.9. The first-order valence-corrected chi connectivity index (χ1v) is 14.6. The molecule has 2 aliphatic rings. The Morgan fingerprint density at radius 2 is 1.95 bits per heavy atom. The summed E-state index contributed by atoms with van der Waals surface area (Å²) in [7, 11) is 2.19. The molecule has 0 radical (unpaired) electrons. The number of carbonyl (C=O) groups is 1. The molecule has 212 valence electrons. The molecule has 0 bridgehead atoms. The monoisotopic (exact) mass is 550 g/mol. The van der Waals surface area contributed by atoms with E-state index in [4.69, 9.17) is 9.97 Å². The fraction of sp³-hybridized carbons (Fsp3) is 0.375.